The van der Waals surface area contributed by atoms with Gasteiger partial charge < -0.3 is 15.3 Å². The van der Waals surface area contributed by atoms with E-state index in [1.165, 1.54) is 11.0 Å². The molecule has 1 unspecified atom stereocenters. The van der Waals surface area contributed by atoms with Crippen LogP contribution in [0.4, 0.5) is 10.5 Å². The highest BCUT2D eigenvalue weighted by atomic mass is 16.6. The normalized spacial score (nSPS) is 13.5. The summed E-state index contributed by atoms with van der Waals surface area (Å²) < 4.78 is 0. The van der Waals surface area contributed by atoms with Crippen molar-refractivity contribution in [3.8, 4) is 0 Å². The number of carbonyl (C=O) groups is 4. The first-order chi connectivity index (χ1) is 17.1. The first kappa shape index (κ1) is 26.3. The van der Waals surface area contributed by atoms with E-state index in [0.717, 1.165) is 22.6 Å². The molecule has 11 nitrogen and oxygen atoms in total. The van der Waals surface area contributed by atoms with Crippen molar-refractivity contribution in [2.75, 3.05) is 13.1 Å². The Kier molecular flexibility index (Phi) is 8.36. The highest BCUT2D eigenvalue weighted by molar-refractivity contribution is 6.21. The van der Waals surface area contributed by atoms with Gasteiger partial charge in [0.15, 0.2) is 0 Å². The van der Waals surface area contributed by atoms with Gasteiger partial charge in [0.2, 0.25) is 0 Å². The van der Waals surface area contributed by atoms with Gasteiger partial charge in [-0.25, -0.2) is 9.59 Å². The van der Waals surface area contributed by atoms with Gasteiger partial charge in [-0.2, -0.15) is 0 Å². The van der Waals surface area contributed by atoms with Gasteiger partial charge in [-0.05, 0) is 30.4 Å². The number of rotatable bonds is 11. The molecule has 36 heavy (non-hydrogen) atoms. The van der Waals surface area contributed by atoms with Crippen LogP contribution in [0.25, 0.3) is 0 Å². The van der Waals surface area contributed by atoms with E-state index in [0.29, 0.717) is 6.42 Å². The topological polar surface area (TPSA) is 150 Å². The number of nitrogens with zero attached hydrogens (tertiary/aromatic N) is 3. The molecule has 0 spiro atoms. The fourth-order valence-corrected chi connectivity index (χ4v) is 3.93. The first-order valence-electron chi connectivity index (χ1n) is 11.6. The zero-order valence-corrected chi connectivity index (χ0v) is 20.0. The van der Waals surface area contributed by atoms with Crippen molar-refractivity contribution in [3.63, 3.8) is 0 Å². The molecule has 0 aliphatic carbocycles. The van der Waals surface area contributed by atoms with E-state index >= 15 is 0 Å². The van der Waals surface area contributed by atoms with Crippen LogP contribution in [0.1, 0.15) is 53.0 Å². The van der Waals surface area contributed by atoms with E-state index < -0.39 is 34.8 Å². The molecule has 0 saturated heterocycles. The van der Waals surface area contributed by atoms with E-state index in [1.807, 2.05) is 44.2 Å². The van der Waals surface area contributed by atoms with Gasteiger partial charge in [0.25, 0.3) is 17.5 Å². The molecule has 0 bridgehead atoms. The summed E-state index contributed by atoms with van der Waals surface area (Å²) in [5, 5.41) is 23.7. The first-order valence-corrected chi connectivity index (χ1v) is 11.6. The Morgan fingerprint density at radius 2 is 1.72 bits per heavy atom. The summed E-state index contributed by atoms with van der Waals surface area (Å²) in [4.78, 5) is 63.2. The molecule has 3 rings (SSSR count). The van der Waals surface area contributed by atoms with Gasteiger partial charge in [-0.1, -0.05) is 44.2 Å². The number of carboxylic acids is 1. The molecule has 4 amide bonds. The minimum absolute atomic E-state index is 0.0229. The molecular formula is C25H28N4O7. The summed E-state index contributed by atoms with van der Waals surface area (Å²) in [5.41, 5.74) is 0.449. The number of nitrogens with one attached hydrogen (secondary N) is 1. The zero-order chi connectivity index (χ0) is 26.4. The molecule has 2 aromatic rings. The number of benzene rings is 2. The number of carbonyl (C=O) groups excluding carboxylic acids is 3. The molecule has 11 heteroatoms. The highest BCUT2D eigenvalue weighted by Gasteiger charge is 2.38. The number of hydrogen-bond donors (Lipinski definition) is 2. The second-order valence-electron chi connectivity index (χ2n) is 8.91. The van der Waals surface area contributed by atoms with E-state index in [4.69, 9.17) is 0 Å². The van der Waals surface area contributed by atoms with Gasteiger partial charge in [0, 0.05) is 31.8 Å². The number of imide groups is 1. The lowest BCUT2D eigenvalue weighted by Crippen LogP contribution is -2.51. The maximum atomic E-state index is 13.0. The van der Waals surface area contributed by atoms with E-state index in [-0.39, 0.29) is 48.8 Å². The van der Waals surface area contributed by atoms with Gasteiger partial charge >= 0.3 is 12.0 Å². The maximum Gasteiger partial charge on any atom is 0.326 e. The molecule has 190 valence electrons. The number of carboxylic acid groups (broad SMARTS) is 1. The molecule has 0 radical (unpaired) electrons. The number of nitro groups is 1. The predicted octanol–water partition coefficient (Wildman–Crippen LogP) is 3.29. The van der Waals surface area contributed by atoms with Crippen molar-refractivity contribution in [2.24, 2.45) is 5.92 Å². The smallest absolute Gasteiger partial charge is 0.326 e. The summed E-state index contributed by atoms with van der Waals surface area (Å²) in [6.45, 7) is 4.02. The van der Waals surface area contributed by atoms with Crippen LogP contribution in [0.5, 0.6) is 0 Å². The Morgan fingerprint density at radius 3 is 2.33 bits per heavy atom. The third kappa shape index (κ3) is 6.04. The number of amides is 4. The van der Waals surface area contributed by atoms with Crippen LogP contribution in [-0.2, 0) is 11.3 Å². The lowest BCUT2D eigenvalue weighted by atomic mass is 10.1. The van der Waals surface area contributed by atoms with Gasteiger partial charge in [-0.3, -0.25) is 24.6 Å². The van der Waals surface area contributed by atoms with Gasteiger partial charge in [0.1, 0.15) is 6.04 Å². The van der Waals surface area contributed by atoms with Crippen LogP contribution in [-0.4, -0.2) is 62.8 Å². The van der Waals surface area contributed by atoms with Gasteiger partial charge in [0.05, 0.1) is 16.1 Å². The second kappa shape index (κ2) is 11.4. The number of fused-ring (bicyclic) bond motifs is 1. The third-order valence-electron chi connectivity index (χ3n) is 5.95. The molecular weight excluding hydrogens is 468 g/mol. The Bertz CT molecular complexity index is 1170. The maximum absolute atomic E-state index is 13.0. The molecule has 1 aliphatic rings. The largest absolute Gasteiger partial charge is 0.480 e. The molecule has 1 atom stereocenters. The minimum Gasteiger partial charge on any atom is -0.480 e. The Labute approximate surface area is 207 Å². The fourth-order valence-electron chi connectivity index (χ4n) is 3.93. The van der Waals surface area contributed by atoms with Crippen molar-refractivity contribution >= 4 is 29.5 Å². The van der Waals surface area contributed by atoms with Crippen molar-refractivity contribution in [3.05, 3.63) is 75.3 Å². The zero-order valence-electron chi connectivity index (χ0n) is 20.0. The van der Waals surface area contributed by atoms with Crippen LogP contribution < -0.4 is 5.32 Å². The number of nitro benzene ring substituents is 1. The molecule has 0 aromatic heterocycles. The average Bonchev–Trinajstić information content (AvgIpc) is 3.08. The summed E-state index contributed by atoms with van der Waals surface area (Å²) in [6, 6.07) is 10.7. The quantitative estimate of drug-likeness (QED) is 0.275. The van der Waals surface area contributed by atoms with Crippen LogP contribution in [0.15, 0.2) is 48.5 Å². The molecule has 0 fully saturated rings. The molecule has 0 saturated carbocycles. The Balaban J connectivity index is 1.75. The van der Waals surface area contributed by atoms with Crippen LogP contribution in [0.3, 0.4) is 0 Å². The average molecular weight is 497 g/mol. The van der Waals surface area contributed by atoms with E-state index in [9.17, 15) is 34.4 Å². The highest BCUT2D eigenvalue weighted by Crippen LogP contribution is 2.27. The van der Waals surface area contributed by atoms with E-state index in [2.05, 4.69) is 5.32 Å². The van der Waals surface area contributed by atoms with Crippen LogP contribution in [0.2, 0.25) is 0 Å². The number of hydrogen-bond acceptors (Lipinski definition) is 6. The molecule has 1 aliphatic heterocycles. The standard InChI is InChI=1S/C25H28N4O7/c1-16(2)10-12-27(25(34)26-15-17-6-4-3-5-7-17)21(24(32)33)11-13-28-22(30)19-9-8-18(29(35)36)14-20(19)23(28)31/h3-9,14,16,21H,10-13,15H2,1-2H3,(H,26,34)(H,32,33). The third-order valence-corrected chi connectivity index (χ3v) is 5.95. The molecule has 1 heterocycles. The summed E-state index contributed by atoms with van der Waals surface area (Å²) in [7, 11) is 0. The van der Waals surface area contributed by atoms with Crippen molar-refractivity contribution < 1.29 is 29.2 Å². The van der Waals surface area contributed by atoms with Crippen LogP contribution in [0, 0.1) is 16.0 Å². The lowest BCUT2D eigenvalue weighted by molar-refractivity contribution is -0.384. The van der Waals surface area contributed by atoms with Crippen molar-refractivity contribution in [1.29, 1.82) is 0 Å². The van der Waals surface area contributed by atoms with E-state index in [1.54, 1.807) is 0 Å². The summed E-state index contributed by atoms with van der Waals surface area (Å²) in [6.07, 6.45) is 0.360. The molecule has 2 aromatic carbocycles. The fraction of sp³-hybridized carbons (Fsp3) is 0.360. The SMILES string of the molecule is CC(C)CCN(C(=O)NCc1ccccc1)C(CCN1C(=O)c2ccc([N+](=O)[O-])cc2C1=O)C(=O)O. The summed E-state index contributed by atoms with van der Waals surface area (Å²) in [5.74, 6) is -2.45. The Morgan fingerprint density at radius 1 is 1.06 bits per heavy atom. The Hall–Kier alpha value is -4.28. The second-order valence-corrected chi connectivity index (χ2v) is 8.91. The number of urea groups is 1. The number of aliphatic carboxylic acids is 1. The van der Waals surface area contributed by atoms with Crippen LogP contribution >= 0.6 is 0 Å². The lowest BCUT2D eigenvalue weighted by Gasteiger charge is -2.30. The molecule has 2 N–H and O–H groups in total. The van der Waals surface area contributed by atoms with Gasteiger partial charge in [-0.15, -0.1) is 0 Å². The summed E-state index contributed by atoms with van der Waals surface area (Å²) >= 11 is 0. The predicted molar refractivity (Wildman–Crippen MR) is 129 cm³/mol. The minimum atomic E-state index is -1.29. The van der Waals surface area contributed by atoms with Crippen molar-refractivity contribution in [2.45, 2.75) is 39.3 Å². The number of non-ortho nitro benzene ring substituents is 1. The van der Waals surface area contributed by atoms with Crippen molar-refractivity contribution in [1.82, 2.24) is 15.1 Å². The monoisotopic (exact) mass is 496 g/mol.